The highest BCUT2D eigenvalue weighted by molar-refractivity contribution is 7.80. The van der Waals surface area contributed by atoms with Crippen molar-refractivity contribution >= 4 is 17.3 Å². The van der Waals surface area contributed by atoms with Gasteiger partial charge in [-0.3, -0.25) is 4.90 Å². The van der Waals surface area contributed by atoms with Gasteiger partial charge in [-0.2, -0.15) is 0 Å². The Labute approximate surface area is 156 Å². The zero-order valence-electron chi connectivity index (χ0n) is 15.1. The zero-order chi connectivity index (χ0) is 17.6. The third kappa shape index (κ3) is 5.03. The van der Waals surface area contributed by atoms with Gasteiger partial charge in [-0.25, -0.2) is 0 Å². The molecule has 0 aromatic heterocycles. The minimum absolute atomic E-state index is 0.235. The van der Waals surface area contributed by atoms with Gasteiger partial charge in [0.2, 0.25) is 0 Å². The standard InChI is InChI=1S/C21H27N3S/c1-17-8-10-19(11-9-17)16-23-12-14-24(15-13-23)21(25)22-18(2)20-6-4-3-5-7-20/h3-11,18H,12-16H2,1-2H3,(H,22,25). The minimum atomic E-state index is 0.235. The Kier molecular flexibility index (Phi) is 6.05. The molecule has 132 valence electrons. The van der Waals surface area contributed by atoms with Crippen LogP contribution in [0.2, 0.25) is 0 Å². The Morgan fingerprint density at radius 2 is 1.64 bits per heavy atom. The van der Waals surface area contributed by atoms with Crippen molar-refractivity contribution in [1.82, 2.24) is 15.1 Å². The molecule has 1 atom stereocenters. The van der Waals surface area contributed by atoms with Crippen LogP contribution in [0, 0.1) is 6.92 Å². The van der Waals surface area contributed by atoms with Gasteiger partial charge in [0.15, 0.2) is 5.11 Å². The lowest BCUT2D eigenvalue weighted by molar-refractivity contribution is 0.174. The second-order valence-corrected chi connectivity index (χ2v) is 7.22. The van der Waals surface area contributed by atoms with Crippen LogP contribution < -0.4 is 5.32 Å². The van der Waals surface area contributed by atoms with E-state index in [1.165, 1.54) is 16.7 Å². The number of thiocarbonyl (C=S) groups is 1. The highest BCUT2D eigenvalue weighted by atomic mass is 32.1. The lowest BCUT2D eigenvalue weighted by Gasteiger charge is -2.37. The average molecular weight is 354 g/mol. The third-order valence-corrected chi connectivity index (χ3v) is 5.20. The first kappa shape index (κ1) is 17.9. The molecule has 0 aliphatic carbocycles. The monoisotopic (exact) mass is 353 g/mol. The van der Waals surface area contributed by atoms with Crippen LogP contribution >= 0.6 is 12.2 Å². The van der Waals surface area contributed by atoms with Gasteiger partial charge in [0, 0.05) is 32.7 Å². The largest absolute Gasteiger partial charge is 0.356 e. The second kappa shape index (κ2) is 8.45. The highest BCUT2D eigenvalue weighted by Gasteiger charge is 2.20. The molecule has 3 nitrogen and oxygen atoms in total. The predicted octanol–water partition coefficient (Wildman–Crippen LogP) is 3.75. The van der Waals surface area contributed by atoms with Crippen LogP contribution in [0.25, 0.3) is 0 Å². The first-order chi connectivity index (χ1) is 12.1. The Morgan fingerprint density at radius 1 is 1.00 bits per heavy atom. The van der Waals surface area contributed by atoms with E-state index < -0.39 is 0 Å². The quantitative estimate of drug-likeness (QED) is 0.844. The molecular weight excluding hydrogens is 326 g/mol. The molecule has 0 spiro atoms. The molecule has 1 saturated heterocycles. The Bertz CT molecular complexity index is 676. The summed E-state index contributed by atoms with van der Waals surface area (Å²) in [6.07, 6.45) is 0. The molecule has 0 radical (unpaired) electrons. The number of nitrogens with zero attached hydrogens (tertiary/aromatic N) is 2. The first-order valence-corrected chi connectivity index (χ1v) is 9.41. The summed E-state index contributed by atoms with van der Waals surface area (Å²) in [5.74, 6) is 0. The van der Waals surface area contributed by atoms with Gasteiger partial charge in [-0.1, -0.05) is 60.2 Å². The average Bonchev–Trinajstić information content (AvgIpc) is 2.65. The van der Waals surface area contributed by atoms with Gasteiger partial charge < -0.3 is 10.2 Å². The summed E-state index contributed by atoms with van der Waals surface area (Å²) in [7, 11) is 0. The van der Waals surface area contributed by atoms with Crippen LogP contribution in [0.15, 0.2) is 54.6 Å². The Hall–Kier alpha value is -1.91. The highest BCUT2D eigenvalue weighted by Crippen LogP contribution is 2.13. The molecule has 2 aromatic rings. The summed E-state index contributed by atoms with van der Waals surface area (Å²) < 4.78 is 0. The Balaban J connectivity index is 1.46. The van der Waals surface area contributed by atoms with Gasteiger partial charge in [0.1, 0.15) is 0 Å². The van der Waals surface area contributed by atoms with Gasteiger partial charge in [0.25, 0.3) is 0 Å². The SMILES string of the molecule is Cc1ccc(CN2CCN(C(=S)NC(C)c3ccccc3)CC2)cc1. The molecule has 25 heavy (non-hydrogen) atoms. The third-order valence-electron chi connectivity index (χ3n) is 4.83. The molecule has 3 rings (SSSR count). The molecule has 1 heterocycles. The van der Waals surface area contributed by atoms with Crippen molar-refractivity contribution in [2.75, 3.05) is 26.2 Å². The molecule has 0 bridgehead atoms. The molecule has 1 aliphatic heterocycles. The molecule has 1 fully saturated rings. The van der Waals surface area contributed by atoms with Crippen molar-refractivity contribution in [2.45, 2.75) is 26.4 Å². The van der Waals surface area contributed by atoms with Crippen molar-refractivity contribution in [2.24, 2.45) is 0 Å². The molecule has 0 amide bonds. The molecule has 1 unspecified atom stereocenters. The van der Waals surface area contributed by atoms with Gasteiger partial charge >= 0.3 is 0 Å². The number of rotatable bonds is 4. The van der Waals surface area contributed by atoms with E-state index in [9.17, 15) is 0 Å². The topological polar surface area (TPSA) is 18.5 Å². The summed E-state index contributed by atoms with van der Waals surface area (Å²) in [6, 6.07) is 19.5. The van der Waals surface area contributed by atoms with Crippen LogP contribution in [0.3, 0.4) is 0 Å². The lowest BCUT2D eigenvalue weighted by Crippen LogP contribution is -2.51. The molecule has 0 saturated carbocycles. The van der Waals surface area contributed by atoms with E-state index in [0.717, 1.165) is 37.8 Å². The summed E-state index contributed by atoms with van der Waals surface area (Å²) in [4.78, 5) is 4.80. The molecule has 4 heteroatoms. The summed E-state index contributed by atoms with van der Waals surface area (Å²) >= 11 is 5.63. The maximum absolute atomic E-state index is 5.63. The normalized spacial score (nSPS) is 16.5. The van der Waals surface area contributed by atoms with Crippen molar-refractivity contribution in [3.8, 4) is 0 Å². The predicted molar refractivity (Wildman–Crippen MR) is 109 cm³/mol. The van der Waals surface area contributed by atoms with Crippen molar-refractivity contribution in [3.63, 3.8) is 0 Å². The number of piperazine rings is 1. The van der Waals surface area contributed by atoms with Crippen LogP contribution in [0.4, 0.5) is 0 Å². The smallest absolute Gasteiger partial charge is 0.169 e. The van der Waals surface area contributed by atoms with E-state index in [-0.39, 0.29) is 6.04 Å². The van der Waals surface area contributed by atoms with E-state index in [1.807, 2.05) is 6.07 Å². The van der Waals surface area contributed by atoms with Gasteiger partial charge in [-0.05, 0) is 37.2 Å². The zero-order valence-corrected chi connectivity index (χ0v) is 15.9. The summed E-state index contributed by atoms with van der Waals surface area (Å²) in [5, 5.41) is 4.34. The number of benzene rings is 2. The fourth-order valence-electron chi connectivity index (χ4n) is 3.16. The maximum atomic E-state index is 5.63. The summed E-state index contributed by atoms with van der Waals surface area (Å²) in [5.41, 5.74) is 3.97. The minimum Gasteiger partial charge on any atom is -0.356 e. The van der Waals surface area contributed by atoms with Gasteiger partial charge in [0.05, 0.1) is 6.04 Å². The molecule has 2 aromatic carbocycles. The van der Waals surface area contributed by atoms with E-state index in [4.69, 9.17) is 12.2 Å². The molecule has 1 N–H and O–H groups in total. The molecule has 1 aliphatic rings. The lowest BCUT2D eigenvalue weighted by atomic mass is 10.1. The number of hydrogen-bond acceptors (Lipinski definition) is 2. The Morgan fingerprint density at radius 3 is 2.28 bits per heavy atom. The van der Waals surface area contributed by atoms with E-state index in [0.29, 0.717) is 0 Å². The van der Waals surface area contributed by atoms with E-state index in [2.05, 4.69) is 77.5 Å². The summed E-state index contributed by atoms with van der Waals surface area (Å²) in [6.45, 7) is 9.39. The van der Waals surface area contributed by atoms with E-state index in [1.54, 1.807) is 0 Å². The number of aryl methyl sites for hydroxylation is 1. The second-order valence-electron chi connectivity index (χ2n) is 6.83. The van der Waals surface area contributed by atoms with Crippen LogP contribution in [0.1, 0.15) is 29.7 Å². The van der Waals surface area contributed by atoms with Gasteiger partial charge in [-0.15, -0.1) is 0 Å². The maximum Gasteiger partial charge on any atom is 0.169 e. The van der Waals surface area contributed by atoms with Crippen molar-refractivity contribution < 1.29 is 0 Å². The fraction of sp³-hybridized carbons (Fsp3) is 0.381. The fourth-order valence-corrected chi connectivity index (χ4v) is 3.52. The number of hydrogen-bond donors (Lipinski definition) is 1. The first-order valence-electron chi connectivity index (χ1n) is 9.00. The van der Waals surface area contributed by atoms with Crippen molar-refractivity contribution in [3.05, 3.63) is 71.3 Å². The number of nitrogens with one attached hydrogen (secondary N) is 1. The van der Waals surface area contributed by atoms with Crippen LogP contribution in [-0.2, 0) is 6.54 Å². The van der Waals surface area contributed by atoms with Crippen molar-refractivity contribution in [1.29, 1.82) is 0 Å². The molecular formula is C21H27N3S. The van der Waals surface area contributed by atoms with Crippen LogP contribution in [0.5, 0.6) is 0 Å². The van der Waals surface area contributed by atoms with E-state index >= 15 is 0 Å². The van der Waals surface area contributed by atoms with Crippen LogP contribution in [-0.4, -0.2) is 41.1 Å².